The van der Waals surface area contributed by atoms with E-state index in [4.69, 9.17) is 0 Å². The SMILES string of the molecule is CCNCC(C)C(=O)NC(CC(C)C)c1ccccc1. The zero-order valence-corrected chi connectivity index (χ0v) is 13.1. The van der Waals surface area contributed by atoms with Crippen molar-refractivity contribution < 1.29 is 4.79 Å². The summed E-state index contributed by atoms with van der Waals surface area (Å²) in [5.41, 5.74) is 1.19. The molecule has 0 aliphatic rings. The molecule has 112 valence electrons. The van der Waals surface area contributed by atoms with Crippen LogP contribution in [0, 0.1) is 11.8 Å². The molecule has 1 aromatic carbocycles. The maximum absolute atomic E-state index is 12.3. The Morgan fingerprint density at radius 1 is 1.15 bits per heavy atom. The molecule has 2 N–H and O–H groups in total. The molecule has 2 unspecified atom stereocenters. The van der Waals surface area contributed by atoms with Crippen molar-refractivity contribution in [3.8, 4) is 0 Å². The minimum Gasteiger partial charge on any atom is -0.349 e. The Morgan fingerprint density at radius 3 is 2.35 bits per heavy atom. The van der Waals surface area contributed by atoms with Crippen molar-refractivity contribution in [3.05, 3.63) is 35.9 Å². The van der Waals surface area contributed by atoms with Crippen LogP contribution in [0.25, 0.3) is 0 Å². The summed E-state index contributed by atoms with van der Waals surface area (Å²) in [5.74, 6) is 0.665. The molecule has 0 bridgehead atoms. The first-order valence-corrected chi connectivity index (χ1v) is 7.60. The first-order valence-electron chi connectivity index (χ1n) is 7.60. The van der Waals surface area contributed by atoms with E-state index in [2.05, 4.69) is 43.5 Å². The Labute approximate surface area is 123 Å². The zero-order valence-electron chi connectivity index (χ0n) is 13.1. The van der Waals surface area contributed by atoms with E-state index in [1.807, 2.05) is 25.1 Å². The van der Waals surface area contributed by atoms with E-state index in [1.165, 1.54) is 5.56 Å². The summed E-state index contributed by atoms with van der Waals surface area (Å²) in [6, 6.07) is 10.3. The molecule has 3 nitrogen and oxygen atoms in total. The number of carbonyl (C=O) groups excluding carboxylic acids is 1. The molecule has 0 fully saturated rings. The van der Waals surface area contributed by atoms with E-state index >= 15 is 0 Å². The lowest BCUT2D eigenvalue weighted by Gasteiger charge is -2.23. The van der Waals surface area contributed by atoms with Crippen LogP contribution >= 0.6 is 0 Å². The summed E-state index contributed by atoms with van der Waals surface area (Å²) in [5, 5.41) is 6.42. The van der Waals surface area contributed by atoms with Crippen LogP contribution in [-0.4, -0.2) is 19.0 Å². The fourth-order valence-electron chi connectivity index (χ4n) is 2.20. The molecule has 1 amide bonds. The van der Waals surface area contributed by atoms with E-state index in [0.29, 0.717) is 5.92 Å². The van der Waals surface area contributed by atoms with Crippen LogP contribution in [0.15, 0.2) is 30.3 Å². The average molecular weight is 276 g/mol. The number of hydrogen-bond acceptors (Lipinski definition) is 2. The largest absolute Gasteiger partial charge is 0.349 e. The van der Waals surface area contributed by atoms with E-state index in [9.17, 15) is 4.79 Å². The maximum atomic E-state index is 12.3. The minimum absolute atomic E-state index is 0.00618. The Morgan fingerprint density at radius 2 is 1.80 bits per heavy atom. The van der Waals surface area contributed by atoms with Gasteiger partial charge in [0.05, 0.1) is 6.04 Å². The molecule has 0 heterocycles. The van der Waals surface area contributed by atoms with Gasteiger partial charge in [-0.1, -0.05) is 58.0 Å². The van der Waals surface area contributed by atoms with Crippen LogP contribution in [0.4, 0.5) is 0 Å². The average Bonchev–Trinajstić information content (AvgIpc) is 2.44. The molecule has 1 aromatic rings. The zero-order chi connectivity index (χ0) is 15.0. The summed E-state index contributed by atoms with van der Waals surface area (Å²) in [6.07, 6.45) is 0.962. The number of nitrogens with one attached hydrogen (secondary N) is 2. The van der Waals surface area contributed by atoms with E-state index < -0.39 is 0 Å². The molecule has 1 rings (SSSR count). The third-order valence-electron chi connectivity index (χ3n) is 3.37. The van der Waals surface area contributed by atoms with Gasteiger partial charge < -0.3 is 10.6 Å². The Bertz CT molecular complexity index is 389. The number of hydrogen-bond donors (Lipinski definition) is 2. The molecule has 20 heavy (non-hydrogen) atoms. The highest BCUT2D eigenvalue weighted by molar-refractivity contribution is 5.79. The second-order valence-corrected chi connectivity index (χ2v) is 5.81. The first kappa shape index (κ1) is 16.7. The summed E-state index contributed by atoms with van der Waals surface area (Å²) in [6.45, 7) is 10.0. The fourth-order valence-corrected chi connectivity index (χ4v) is 2.20. The highest BCUT2D eigenvalue weighted by atomic mass is 16.1. The first-order chi connectivity index (χ1) is 9.54. The highest BCUT2D eigenvalue weighted by Gasteiger charge is 2.19. The van der Waals surface area contributed by atoms with E-state index in [0.717, 1.165) is 19.5 Å². The maximum Gasteiger partial charge on any atom is 0.224 e. The predicted molar refractivity (Wildman–Crippen MR) is 84.5 cm³/mol. The van der Waals surface area contributed by atoms with Crippen LogP contribution in [0.5, 0.6) is 0 Å². The Kier molecular flexibility index (Phi) is 7.31. The molecular formula is C17H28N2O. The molecule has 0 saturated carbocycles. The van der Waals surface area contributed by atoms with Gasteiger partial charge in [0, 0.05) is 12.5 Å². The highest BCUT2D eigenvalue weighted by Crippen LogP contribution is 2.21. The van der Waals surface area contributed by atoms with E-state index in [1.54, 1.807) is 0 Å². The van der Waals surface area contributed by atoms with Gasteiger partial charge in [-0.3, -0.25) is 4.79 Å². The van der Waals surface area contributed by atoms with Gasteiger partial charge in [-0.2, -0.15) is 0 Å². The Balaban J connectivity index is 2.68. The quantitative estimate of drug-likeness (QED) is 0.766. The second-order valence-electron chi connectivity index (χ2n) is 5.81. The van der Waals surface area contributed by atoms with Gasteiger partial charge in [-0.15, -0.1) is 0 Å². The summed E-state index contributed by atoms with van der Waals surface area (Å²) in [7, 11) is 0. The summed E-state index contributed by atoms with van der Waals surface area (Å²) in [4.78, 5) is 12.3. The lowest BCUT2D eigenvalue weighted by atomic mass is 9.96. The smallest absolute Gasteiger partial charge is 0.224 e. The van der Waals surface area contributed by atoms with Crippen LogP contribution in [0.1, 0.15) is 45.7 Å². The number of benzene rings is 1. The summed E-state index contributed by atoms with van der Waals surface area (Å²) >= 11 is 0. The van der Waals surface area contributed by atoms with Gasteiger partial charge in [-0.05, 0) is 24.4 Å². The van der Waals surface area contributed by atoms with Crippen molar-refractivity contribution in [1.29, 1.82) is 0 Å². The van der Waals surface area contributed by atoms with Gasteiger partial charge >= 0.3 is 0 Å². The van der Waals surface area contributed by atoms with Crippen molar-refractivity contribution in [2.75, 3.05) is 13.1 Å². The van der Waals surface area contributed by atoms with Crippen molar-refractivity contribution >= 4 is 5.91 Å². The fraction of sp³-hybridized carbons (Fsp3) is 0.588. The molecule has 0 aliphatic heterocycles. The van der Waals surface area contributed by atoms with E-state index in [-0.39, 0.29) is 17.9 Å². The standard InChI is InChI=1S/C17H28N2O/c1-5-18-12-14(4)17(20)19-16(11-13(2)3)15-9-7-6-8-10-15/h6-10,13-14,16,18H,5,11-12H2,1-4H3,(H,19,20). The van der Waals surface area contributed by atoms with Crippen LogP contribution < -0.4 is 10.6 Å². The van der Waals surface area contributed by atoms with Crippen molar-refractivity contribution in [2.24, 2.45) is 11.8 Å². The third-order valence-corrected chi connectivity index (χ3v) is 3.37. The monoisotopic (exact) mass is 276 g/mol. The predicted octanol–water partition coefficient (Wildman–Crippen LogP) is 3.14. The molecule has 0 spiro atoms. The van der Waals surface area contributed by atoms with Crippen LogP contribution in [0.2, 0.25) is 0 Å². The van der Waals surface area contributed by atoms with Gasteiger partial charge in [0.25, 0.3) is 0 Å². The van der Waals surface area contributed by atoms with Crippen LogP contribution in [0.3, 0.4) is 0 Å². The lowest BCUT2D eigenvalue weighted by molar-refractivity contribution is -0.125. The number of amides is 1. The van der Waals surface area contributed by atoms with Gasteiger partial charge in [-0.25, -0.2) is 0 Å². The van der Waals surface area contributed by atoms with Crippen molar-refractivity contribution in [1.82, 2.24) is 10.6 Å². The topological polar surface area (TPSA) is 41.1 Å². The number of carbonyl (C=O) groups is 1. The lowest BCUT2D eigenvalue weighted by Crippen LogP contribution is -2.37. The third kappa shape index (κ3) is 5.74. The molecular weight excluding hydrogens is 248 g/mol. The molecule has 3 heteroatoms. The molecule has 0 radical (unpaired) electrons. The molecule has 0 aromatic heterocycles. The van der Waals surface area contributed by atoms with Crippen molar-refractivity contribution in [3.63, 3.8) is 0 Å². The Hall–Kier alpha value is -1.35. The van der Waals surface area contributed by atoms with Crippen LogP contribution in [-0.2, 0) is 4.79 Å². The van der Waals surface area contributed by atoms with Gasteiger partial charge in [0.2, 0.25) is 5.91 Å². The van der Waals surface area contributed by atoms with Crippen molar-refractivity contribution in [2.45, 2.75) is 40.2 Å². The molecule has 0 saturated heterocycles. The molecule has 0 aliphatic carbocycles. The normalized spacial score (nSPS) is 14.1. The van der Waals surface area contributed by atoms with Gasteiger partial charge in [0.1, 0.15) is 0 Å². The molecule has 2 atom stereocenters. The number of rotatable bonds is 8. The second kappa shape index (κ2) is 8.75. The summed E-state index contributed by atoms with van der Waals surface area (Å²) < 4.78 is 0. The van der Waals surface area contributed by atoms with Gasteiger partial charge in [0.15, 0.2) is 0 Å². The minimum atomic E-state index is -0.00618.